The van der Waals surface area contributed by atoms with Gasteiger partial charge in [0.05, 0.1) is 12.2 Å². The molecule has 0 amide bonds. The van der Waals surface area contributed by atoms with Gasteiger partial charge in [-0.1, -0.05) is 17.8 Å². The van der Waals surface area contributed by atoms with Crippen molar-refractivity contribution in [1.29, 1.82) is 0 Å². The number of H-pyrrole nitrogens is 2. The highest BCUT2D eigenvalue weighted by Crippen LogP contribution is 2.25. The van der Waals surface area contributed by atoms with Gasteiger partial charge in [0, 0.05) is 35.8 Å². The Balaban J connectivity index is 1.39. The van der Waals surface area contributed by atoms with Gasteiger partial charge in [-0.05, 0) is 48.4 Å². The summed E-state index contributed by atoms with van der Waals surface area (Å²) in [5.41, 5.74) is 3.08. The van der Waals surface area contributed by atoms with Crippen LogP contribution in [0, 0.1) is 5.82 Å². The highest BCUT2D eigenvalue weighted by atomic mass is 32.2. The van der Waals surface area contributed by atoms with Gasteiger partial charge in [0.1, 0.15) is 17.3 Å². The predicted molar refractivity (Wildman–Crippen MR) is 140 cm³/mol. The van der Waals surface area contributed by atoms with Crippen LogP contribution < -0.4 is 21.7 Å². The van der Waals surface area contributed by atoms with E-state index in [1.807, 2.05) is 6.26 Å². The van der Waals surface area contributed by atoms with E-state index in [1.165, 1.54) is 23.9 Å². The summed E-state index contributed by atoms with van der Waals surface area (Å²) in [5, 5.41) is 18.9. The molecule has 5 aromatic rings. The van der Waals surface area contributed by atoms with Gasteiger partial charge in [0.15, 0.2) is 16.3 Å². The van der Waals surface area contributed by atoms with E-state index in [-0.39, 0.29) is 30.0 Å². The van der Waals surface area contributed by atoms with Crippen molar-refractivity contribution in [1.82, 2.24) is 34.5 Å². The maximum Gasteiger partial charge on any atom is 0.326 e. The van der Waals surface area contributed by atoms with Crippen molar-refractivity contribution in [3.05, 3.63) is 81.1 Å². The summed E-state index contributed by atoms with van der Waals surface area (Å²) >= 11 is 1.45. The highest BCUT2D eigenvalue weighted by Gasteiger charge is 2.20. The molecule has 0 atom stereocenters. The van der Waals surface area contributed by atoms with Crippen LogP contribution in [0.25, 0.3) is 22.9 Å². The molecular formula is C25H22FN9O2S. The van der Waals surface area contributed by atoms with Gasteiger partial charge in [-0.25, -0.2) is 24.1 Å². The van der Waals surface area contributed by atoms with E-state index in [0.717, 1.165) is 24.0 Å². The summed E-state index contributed by atoms with van der Waals surface area (Å²) in [5.74, 6) is -0.115. The van der Waals surface area contributed by atoms with E-state index in [0.29, 0.717) is 32.9 Å². The molecule has 4 aromatic heterocycles. The first-order valence-corrected chi connectivity index (χ1v) is 13.0. The molecule has 13 heteroatoms. The molecule has 0 saturated heterocycles. The first-order chi connectivity index (χ1) is 18.5. The number of fused-ring (bicyclic) bond motifs is 1. The van der Waals surface area contributed by atoms with Crippen LogP contribution in [0.1, 0.15) is 24.1 Å². The lowest BCUT2D eigenvalue weighted by molar-refractivity contribution is 0.454. The van der Waals surface area contributed by atoms with Gasteiger partial charge < -0.3 is 15.4 Å². The number of thioether (sulfide) groups is 1. The van der Waals surface area contributed by atoms with Crippen molar-refractivity contribution in [2.45, 2.75) is 30.6 Å². The minimum Gasteiger partial charge on any atom is -0.493 e. The molecule has 192 valence electrons. The molecule has 1 aliphatic carbocycles. The van der Waals surface area contributed by atoms with Crippen LogP contribution in [-0.2, 0) is 6.54 Å². The smallest absolute Gasteiger partial charge is 0.326 e. The zero-order chi connectivity index (χ0) is 26.2. The molecule has 38 heavy (non-hydrogen) atoms. The van der Waals surface area contributed by atoms with E-state index in [1.54, 1.807) is 41.3 Å². The second-order valence-corrected chi connectivity index (χ2v) is 9.57. The van der Waals surface area contributed by atoms with Gasteiger partial charge in [-0.2, -0.15) is 9.61 Å². The Morgan fingerprint density at radius 3 is 2.76 bits per heavy atom. The number of aromatic hydroxyl groups is 1. The largest absolute Gasteiger partial charge is 0.493 e. The molecule has 4 heterocycles. The van der Waals surface area contributed by atoms with Crippen molar-refractivity contribution in [2.24, 2.45) is 4.99 Å². The van der Waals surface area contributed by atoms with E-state index >= 15 is 0 Å². The Labute approximate surface area is 218 Å². The molecular weight excluding hydrogens is 509 g/mol. The average Bonchev–Trinajstić information content (AvgIpc) is 3.55. The first-order valence-electron chi connectivity index (χ1n) is 11.8. The number of anilines is 1. The van der Waals surface area contributed by atoms with Crippen LogP contribution in [0.3, 0.4) is 0 Å². The monoisotopic (exact) mass is 531 g/mol. The number of halogens is 1. The maximum atomic E-state index is 14.2. The normalized spacial score (nSPS) is 14.5. The molecule has 0 spiro atoms. The lowest BCUT2D eigenvalue weighted by Gasteiger charge is -2.12. The molecule has 1 aliphatic rings. The topological polar surface area (TPSA) is 149 Å². The zero-order valence-electron chi connectivity index (χ0n) is 20.1. The van der Waals surface area contributed by atoms with Crippen molar-refractivity contribution in [2.75, 3.05) is 11.6 Å². The maximum absolute atomic E-state index is 14.2. The van der Waals surface area contributed by atoms with Gasteiger partial charge in [0.25, 0.3) is 0 Å². The van der Waals surface area contributed by atoms with Crippen LogP contribution in [0.4, 0.5) is 10.2 Å². The lowest BCUT2D eigenvalue weighted by Crippen LogP contribution is -2.20. The third-order valence-electron chi connectivity index (χ3n) is 6.03. The molecule has 1 saturated carbocycles. The third kappa shape index (κ3) is 4.87. The number of aromatic amines is 2. The molecule has 0 radical (unpaired) electrons. The minimum atomic E-state index is -0.524. The Morgan fingerprint density at radius 1 is 1.24 bits per heavy atom. The second-order valence-electron chi connectivity index (χ2n) is 8.79. The Hall–Kier alpha value is -4.52. The Bertz CT molecular complexity index is 1820. The number of imidazole rings is 1. The first kappa shape index (κ1) is 23.9. The van der Waals surface area contributed by atoms with Crippen molar-refractivity contribution >= 4 is 29.3 Å². The molecule has 0 unspecified atom stereocenters. The average molecular weight is 532 g/mol. The van der Waals surface area contributed by atoms with Crippen LogP contribution >= 0.6 is 11.8 Å². The number of aromatic nitrogens is 7. The number of nitrogens with one attached hydrogen (secondary N) is 3. The summed E-state index contributed by atoms with van der Waals surface area (Å²) in [4.78, 5) is 34.5. The van der Waals surface area contributed by atoms with E-state index < -0.39 is 5.69 Å². The SMILES string of the molecule is CSc1ncc(-c2ccc(F)cc2CNc2cc(=NC3CC3)n3nc/c(=C/c4[nH]c(=O)[nH]c4O)c3n2)cn1. The van der Waals surface area contributed by atoms with Gasteiger partial charge in [-0.15, -0.1) is 0 Å². The van der Waals surface area contributed by atoms with Crippen LogP contribution in [0.5, 0.6) is 5.88 Å². The third-order valence-corrected chi connectivity index (χ3v) is 6.60. The highest BCUT2D eigenvalue weighted by molar-refractivity contribution is 7.98. The Morgan fingerprint density at radius 2 is 2.05 bits per heavy atom. The number of benzene rings is 1. The van der Waals surface area contributed by atoms with Crippen molar-refractivity contribution < 1.29 is 9.50 Å². The molecule has 4 N–H and O–H groups in total. The molecule has 0 bridgehead atoms. The summed E-state index contributed by atoms with van der Waals surface area (Å²) in [6, 6.07) is 6.62. The van der Waals surface area contributed by atoms with E-state index in [2.05, 4.69) is 30.4 Å². The quantitative estimate of drug-likeness (QED) is 0.184. The van der Waals surface area contributed by atoms with E-state index in [4.69, 9.17) is 9.98 Å². The van der Waals surface area contributed by atoms with Gasteiger partial charge in [0.2, 0.25) is 5.88 Å². The molecule has 6 rings (SSSR count). The zero-order valence-corrected chi connectivity index (χ0v) is 21.0. The fourth-order valence-electron chi connectivity index (χ4n) is 4.02. The van der Waals surface area contributed by atoms with Crippen molar-refractivity contribution in [3.8, 4) is 17.0 Å². The molecule has 1 fully saturated rings. The number of hydrogen-bond acceptors (Lipinski definition) is 9. The summed E-state index contributed by atoms with van der Waals surface area (Å²) in [6.07, 6.45) is 10.5. The van der Waals surface area contributed by atoms with Crippen LogP contribution in [0.15, 0.2) is 57.8 Å². The molecule has 0 aliphatic heterocycles. The van der Waals surface area contributed by atoms with Gasteiger partial charge in [-0.3, -0.25) is 9.98 Å². The predicted octanol–water partition coefficient (Wildman–Crippen LogP) is 1.99. The fraction of sp³-hybridized carbons (Fsp3) is 0.200. The number of nitrogens with zero attached hydrogens (tertiary/aromatic N) is 6. The standard InChI is InChI=1S/C25H22FN9O2S/c1-38-25-28-10-15(11-29-25)18-5-2-16(26)6-13(18)9-27-20-8-21(31-17-3-4-17)35-22(33-20)14(12-30-35)7-19-23(36)34-24(37)32-19/h2,5-8,10-12,17,27,36H,3-4,9H2,1H3,(H2,32,34,37)/b14-7-,31-21?. The van der Waals surface area contributed by atoms with Crippen LogP contribution in [-0.4, -0.2) is 51.9 Å². The lowest BCUT2D eigenvalue weighted by atomic mass is 10.0. The minimum absolute atomic E-state index is 0.213. The number of hydrogen-bond donors (Lipinski definition) is 4. The van der Waals surface area contributed by atoms with E-state index in [9.17, 15) is 14.3 Å². The summed E-state index contributed by atoms with van der Waals surface area (Å²) in [6.45, 7) is 0.280. The molecule has 11 nitrogen and oxygen atoms in total. The summed E-state index contributed by atoms with van der Waals surface area (Å²) < 4.78 is 15.8. The summed E-state index contributed by atoms with van der Waals surface area (Å²) in [7, 11) is 0. The van der Waals surface area contributed by atoms with Crippen molar-refractivity contribution in [3.63, 3.8) is 0 Å². The Kier molecular flexibility index (Phi) is 6.12. The second kappa shape index (κ2) is 9.74. The van der Waals surface area contributed by atoms with Gasteiger partial charge >= 0.3 is 5.69 Å². The fourth-order valence-corrected chi connectivity index (χ4v) is 4.34. The van der Waals surface area contributed by atoms with Crippen LogP contribution in [0.2, 0.25) is 0 Å². The number of rotatable bonds is 7. The molecule has 1 aromatic carbocycles.